The van der Waals surface area contributed by atoms with Gasteiger partial charge in [-0.15, -0.1) is 16.9 Å². The molecule has 3 aromatic rings. The summed E-state index contributed by atoms with van der Waals surface area (Å²) in [4.78, 5) is 3.21. The SMILES string of the molecule is CSC1NN=C(c2snnc2C)N1c1ccc2ccccc2c1. The van der Waals surface area contributed by atoms with Crippen LogP contribution in [0.25, 0.3) is 10.8 Å². The first-order valence-corrected chi connectivity index (χ1v) is 9.27. The molecule has 1 aromatic heterocycles. The Labute approximate surface area is 142 Å². The average molecular weight is 341 g/mol. The van der Waals surface area contributed by atoms with E-state index in [0.717, 1.165) is 22.1 Å². The van der Waals surface area contributed by atoms with Gasteiger partial charge in [0.2, 0.25) is 0 Å². The Morgan fingerprint density at radius 3 is 2.74 bits per heavy atom. The number of thioether (sulfide) groups is 1. The van der Waals surface area contributed by atoms with Crippen molar-refractivity contribution in [2.45, 2.75) is 12.4 Å². The lowest BCUT2D eigenvalue weighted by atomic mass is 10.1. The van der Waals surface area contributed by atoms with E-state index in [4.69, 9.17) is 0 Å². The van der Waals surface area contributed by atoms with E-state index in [-0.39, 0.29) is 5.50 Å². The van der Waals surface area contributed by atoms with Crippen LogP contribution in [-0.2, 0) is 0 Å². The summed E-state index contributed by atoms with van der Waals surface area (Å²) in [5.74, 6) is 0.882. The van der Waals surface area contributed by atoms with E-state index < -0.39 is 0 Å². The highest BCUT2D eigenvalue weighted by Crippen LogP contribution is 2.31. The minimum absolute atomic E-state index is 0.0627. The summed E-state index contributed by atoms with van der Waals surface area (Å²) in [6.45, 7) is 1.96. The van der Waals surface area contributed by atoms with Gasteiger partial charge in [-0.3, -0.25) is 10.3 Å². The highest BCUT2D eigenvalue weighted by Gasteiger charge is 2.31. The van der Waals surface area contributed by atoms with E-state index in [1.807, 2.05) is 6.92 Å². The molecule has 0 aliphatic carbocycles. The minimum atomic E-state index is 0.0627. The minimum Gasteiger partial charge on any atom is -0.292 e. The van der Waals surface area contributed by atoms with E-state index >= 15 is 0 Å². The van der Waals surface area contributed by atoms with Crippen LogP contribution in [-0.4, -0.2) is 27.2 Å². The topological polar surface area (TPSA) is 53.4 Å². The van der Waals surface area contributed by atoms with Gasteiger partial charge in [0.1, 0.15) is 4.88 Å². The predicted octanol–water partition coefficient (Wildman–Crippen LogP) is 3.42. The zero-order valence-corrected chi connectivity index (χ0v) is 14.4. The maximum Gasteiger partial charge on any atom is 0.176 e. The van der Waals surface area contributed by atoms with Crippen molar-refractivity contribution in [3.8, 4) is 0 Å². The lowest BCUT2D eigenvalue weighted by molar-refractivity contribution is 0.758. The van der Waals surface area contributed by atoms with Crippen LogP contribution in [0.2, 0.25) is 0 Å². The van der Waals surface area contributed by atoms with E-state index in [1.54, 1.807) is 11.8 Å². The molecule has 0 spiro atoms. The third-order valence-electron chi connectivity index (χ3n) is 3.83. The molecule has 1 N–H and O–H groups in total. The quantitative estimate of drug-likeness (QED) is 0.791. The smallest absolute Gasteiger partial charge is 0.176 e. The van der Waals surface area contributed by atoms with Crippen LogP contribution >= 0.6 is 23.3 Å². The van der Waals surface area contributed by atoms with E-state index in [1.165, 1.54) is 22.3 Å². The van der Waals surface area contributed by atoms with Crippen LogP contribution in [0.4, 0.5) is 5.69 Å². The van der Waals surface area contributed by atoms with Crippen molar-refractivity contribution in [1.82, 2.24) is 15.0 Å². The molecule has 0 radical (unpaired) electrons. The van der Waals surface area contributed by atoms with Crippen molar-refractivity contribution in [2.24, 2.45) is 5.10 Å². The molecule has 0 bridgehead atoms. The summed E-state index contributed by atoms with van der Waals surface area (Å²) >= 11 is 3.09. The molecule has 2 aromatic carbocycles. The first-order valence-electron chi connectivity index (χ1n) is 7.21. The summed E-state index contributed by atoms with van der Waals surface area (Å²) in [7, 11) is 0. The third kappa shape index (κ3) is 2.46. The first-order chi connectivity index (χ1) is 11.3. The van der Waals surface area contributed by atoms with Gasteiger partial charge in [-0.25, -0.2) is 0 Å². The second-order valence-electron chi connectivity index (χ2n) is 5.24. The predicted molar refractivity (Wildman–Crippen MR) is 98.0 cm³/mol. The summed E-state index contributed by atoms with van der Waals surface area (Å²) in [5, 5.41) is 11.1. The Kier molecular flexibility index (Phi) is 3.66. The lowest BCUT2D eigenvalue weighted by Gasteiger charge is -2.25. The highest BCUT2D eigenvalue weighted by molar-refractivity contribution is 7.99. The standard InChI is InChI=1S/C16H15N5S2/c1-10-14(23-20-17-10)15-18-19-16(22-2)21(15)13-8-7-11-5-3-4-6-12(11)9-13/h3-9,16,19H,1-2H3. The Morgan fingerprint density at radius 2 is 2.00 bits per heavy atom. The van der Waals surface area contributed by atoms with Crippen LogP contribution in [0.3, 0.4) is 0 Å². The molecule has 7 heteroatoms. The van der Waals surface area contributed by atoms with Gasteiger partial charge in [-0.2, -0.15) is 5.10 Å². The largest absolute Gasteiger partial charge is 0.292 e. The summed E-state index contributed by atoms with van der Waals surface area (Å²) < 4.78 is 4.04. The van der Waals surface area contributed by atoms with E-state index in [2.05, 4.69) is 73.7 Å². The maximum atomic E-state index is 4.53. The molecule has 1 aliphatic heterocycles. The number of benzene rings is 2. The summed E-state index contributed by atoms with van der Waals surface area (Å²) in [5.41, 5.74) is 5.28. The van der Waals surface area contributed by atoms with Crippen LogP contribution in [0.5, 0.6) is 0 Å². The summed E-state index contributed by atoms with van der Waals surface area (Å²) in [6, 6.07) is 14.9. The number of nitrogens with one attached hydrogen (secondary N) is 1. The number of amidine groups is 1. The van der Waals surface area contributed by atoms with Crippen LogP contribution in [0.1, 0.15) is 10.6 Å². The van der Waals surface area contributed by atoms with Crippen molar-refractivity contribution in [3.63, 3.8) is 0 Å². The molecule has 0 saturated heterocycles. The number of hydrogen-bond donors (Lipinski definition) is 1. The van der Waals surface area contributed by atoms with Gasteiger partial charge in [0, 0.05) is 5.69 Å². The molecular formula is C16H15N5S2. The highest BCUT2D eigenvalue weighted by atomic mass is 32.2. The van der Waals surface area contributed by atoms with Crippen LogP contribution < -0.4 is 10.3 Å². The molecule has 1 aliphatic rings. The van der Waals surface area contributed by atoms with Crippen molar-refractivity contribution < 1.29 is 0 Å². The second-order valence-corrected chi connectivity index (χ2v) is 6.91. The molecule has 0 amide bonds. The van der Waals surface area contributed by atoms with Gasteiger partial charge in [0.25, 0.3) is 0 Å². The number of aryl methyl sites for hydroxylation is 1. The van der Waals surface area contributed by atoms with Gasteiger partial charge in [-0.05, 0) is 47.6 Å². The molecule has 4 rings (SSSR count). The first kappa shape index (κ1) is 14.5. The molecule has 0 saturated carbocycles. The molecule has 1 unspecified atom stereocenters. The molecule has 2 heterocycles. The molecule has 5 nitrogen and oxygen atoms in total. The molecule has 23 heavy (non-hydrogen) atoms. The second kappa shape index (κ2) is 5.82. The van der Waals surface area contributed by atoms with Gasteiger partial charge in [-0.1, -0.05) is 34.8 Å². The Bertz CT molecular complexity index is 889. The Balaban J connectivity index is 1.81. The molecular weight excluding hydrogens is 326 g/mol. The van der Waals surface area contributed by atoms with Crippen molar-refractivity contribution in [3.05, 3.63) is 53.0 Å². The fourth-order valence-corrected chi connectivity index (χ4v) is 3.91. The van der Waals surface area contributed by atoms with Gasteiger partial charge < -0.3 is 0 Å². The normalized spacial score (nSPS) is 17.4. The molecule has 0 fully saturated rings. The van der Waals surface area contributed by atoms with Crippen molar-refractivity contribution >= 4 is 45.6 Å². The van der Waals surface area contributed by atoms with Crippen LogP contribution in [0.15, 0.2) is 47.6 Å². The number of hydrogen-bond acceptors (Lipinski definition) is 7. The van der Waals surface area contributed by atoms with Crippen molar-refractivity contribution in [2.75, 3.05) is 11.2 Å². The third-order valence-corrected chi connectivity index (χ3v) is 5.42. The van der Waals surface area contributed by atoms with Crippen molar-refractivity contribution in [1.29, 1.82) is 0 Å². The maximum absolute atomic E-state index is 4.53. The number of hydrazone groups is 1. The lowest BCUT2D eigenvalue weighted by Crippen LogP contribution is -2.38. The molecule has 116 valence electrons. The Morgan fingerprint density at radius 1 is 1.17 bits per heavy atom. The monoisotopic (exact) mass is 341 g/mol. The van der Waals surface area contributed by atoms with E-state index in [9.17, 15) is 0 Å². The molecule has 1 atom stereocenters. The van der Waals surface area contributed by atoms with Gasteiger partial charge in [0.05, 0.1) is 5.69 Å². The van der Waals surface area contributed by atoms with Gasteiger partial charge >= 0.3 is 0 Å². The number of anilines is 1. The zero-order valence-electron chi connectivity index (χ0n) is 12.7. The van der Waals surface area contributed by atoms with Crippen LogP contribution in [0, 0.1) is 6.92 Å². The average Bonchev–Trinajstić information content (AvgIpc) is 3.19. The number of fused-ring (bicyclic) bond motifs is 1. The summed E-state index contributed by atoms with van der Waals surface area (Å²) in [6.07, 6.45) is 2.07. The fourth-order valence-electron chi connectivity index (χ4n) is 2.68. The fraction of sp³-hybridized carbons (Fsp3) is 0.188. The zero-order chi connectivity index (χ0) is 15.8. The number of nitrogens with zero attached hydrogens (tertiary/aromatic N) is 4. The number of rotatable bonds is 3. The van der Waals surface area contributed by atoms with E-state index in [0.29, 0.717) is 0 Å². The van der Waals surface area contributed by atoms with Gasteiger partial charge in [0.15, 0.2) is 11.3 Å². The number of aromatic nitrogens is 2. The Hall–Kier alpha value is -2.12.